The zero-order chi connectivity index (χ0) is 18.5. The lowest BCUT2D eigenvalue weighted by Gasteiger charge is -2.19. The fourth-order valence-electron chi connectivity index (χ4n) is 2.47. The number of aliphatic carboxylic acids is 1. The number of hydrogen-bond donors (Lipinski definition) is 1. The lowest BCUT2D eigenvalue weighted by Crippen LogP contribution is -2.22. The van der Waals surface area contributed by atoms with E-state index < -0.39 is 12.1 Å². The van der Waals surface area contributed by atoms with Gasteiger partial charge in [-0.25, -0.2) is 4.79 Å². The van der Waals surface area contributed by atoms with Crippen LogP contribution in [0.1, 0.15) is 22.8 Å². The first-order valence-corrected chi connectivity index (χ1v) is 8.15. The van der Waals surface area contributed by atoms with E-state index in [4.69, 9.17) is 19.3 Å². The minimum Gasteiger partial charge on any atom is -0.486 e. The number of carboxylic acid groups (broad SMARTS) is 1. The molecule has 0 fully saturated rings. The third-order valence-electron chi connectivity index (χ3n) is 3.79. The monoisotopic (exact) mass is 354 g/mol. The fourth-order valence-corrected chi connectivity index (χ4v) is 2.47. The second-order valence-electron chi connectivity index (χ2n) is 5.70. The molecular weight excluding hydrogens is 336 g/mol. The third-order valence-corrected chi connectivity index (χ3v) is 3.79. The molecule has 134 valence electrons. The first-order valence-electron chi connectivity index (χ1n) is 8.15. The molecule has 0 bridgehead atoms. The van der Waals surface area contributed by atoms with Crippen molar-refractivity contribution in [3.8, 4) is 17.2 Å². The number of carboxylic acids is 1. The van der Waals surface area contributed by atoms with Crippen molar-refractivity contribution in [2.75, 3.05) is 13.2 Å². The standard InChI is InChI=1S/C20H18O6/c1-13(20(22)23)26-16-6-2-5-15(12-16)17(21)9-8-14-4-3-7-18-19(14)25-11-10-24-18/h2-9,12-13H,10-11H2,1H3,(H,22,23)/b9-8+/t13-/m0/s1. The van der Waals surface area contributed by atoms with Crippen molar-refractivity contribution in [2.45, 2.75) is 13.0 Å². The van der Waals surface area contributed by atoms with E-state index in [1.807, 2.05) is 18.2 Å². The highest BCUT2D eigenvalue weighted by Crippen LogP contribution is 2.34. The van der Waals surface area contributed by atoms with Crippen LogP contribution in [-0.2, 0) is 4.79 Å². The molecule has 0 saturated carbocycles. The zero-order valence-corrected chi connectivity index (χ0v) is 14.2. The van der Waals surface area contributed by atoms with E-state index in [-0.39, 0.29) is 5.78 Å². The highest BCUT2D eigenvalue weighted by molar-refractivity contribution is 6.07. The van der Waals surface area contributed by atoms with E-state index in [9.17, 15) is 9.59 Å². The zero-order valence-electron chi connectivity index (χ0n) is 14.2. The third kappa shape index (κ3) is 4.03. The summed E-state index contributed by atoms with van der Waals surface area (Å²) in [6.07, 6.45) is 2.11. The Balaban J connectivity index is 1.76. The Bertz CT molecular complexity index is 855. The fraction of sp³-hybridized carbons (Fsp3) is 0.200. The van der Waals surface area contributed by atoms with E-state index >= 15 is 0 Å². The van der Waals surface area contributed by atoms with Gasteiger partial charge in [-0.05, 0) is 37.3 Å². The molecule has 1 aliphatic rings. The van der Waals surface area contributed by atoms with E-state index in [0.717, 1.165) is 5.56 Å². The Morgan fingerprint density at radius 2 is 1.92 bits per heavy atom. The first-order chi connectivity index (χ1) is 12.5. The quantitative estimate of drug-likeness (QED) is 0.634. The summed E-state index contributed by atoms with van der Waals surface area (Å²) in [5.41, 5.74) is 1.15. The number of benzene rings is 2. The smallest absolute Gasteiger partial charge is 0.344 e. The molecule has 3 rings (SSSR count). The number of para-hydroxylation sites is 1. The van der Waals surface area contributed by atoms with Crippen LogP contribution in [0.2, 0.25) is 0 Å². The van der Waals surface area contributed by atoms with Gasteiger partial charge >= 0.3 is 5.97 Å². The summed E-state index contributed by atoms with van der Waals surface area (Å²) in [5, 5.41) is 8.90. The number of carbonyl (C=O) groups excluding carboxylic acids is 1. The van der Waals surface area contributed by atoms with E-state index in [1.54, 1.807) is 24.3 Å². The SMILES string of the molecule is C[C@H](Oc1cccc(C(=O)/C=C/c2cccc3c2OCCO3)c1)C(=O)O. The minimum atomic E-state index is -1.07. The molecule has 1 aliphatic heterocycles. The summed E-state index contributed by atoms with van der Waals surface area (Å²) in [6.45, 7) is 2.39. The van der Waals surface area contributed by atoms with Crippen molar-refractivity contribution in [1.29, 1.82) is 0 Å². The molecule has 1 N–H and O–H groups in total. The number of hydrogen-bond acceptors (Lipinski definition) is 5. The van der Waals surface area contributed by atoms with Gasteiger partial charge in [0.25, 0.3) is 0 Å². The van der Waals surface area contributed by atoms with E-state index in [1.165, 1.54) is 19.1 Å². The largest absolute Gasteiger partial charge is 0.486 e. The van der Waals surface area contributed by atoms with Crippen LogP contribution in [0, 0.1) is 0 Å². The van der Waals surface area contributed by atoms with Gasteiger partial charge in [0.05, 0.1) is 0 Å². The number of rotatable bonds is 6. The van der Waals surface area contributed by atoms with Gasteiger partial charge in [-0.2, -0.15) is 0 Å². The van der Waals surface area contributed by atoms with Gasteiger partial charge in [0.1, 0.15) is 19.0 Å². The number of fused-ring (bicyclic) bond motifs is 1. The molecule has 2 aromatic rings. The molecule has 6 heteroatoms. The van der Waals surface area contributed by atoms with Crippen LogP contribution in [0.15, 0.2) is 48.5 Å². The average molecular weight is 354 g/mol. The van der Waals surface area contributed by atoms with Crippen LogP contribution in [0.3, 0.4) is 0 Å². The van der Waals surface area contributed by atoms with Crippen LogP contribution in [0.5, 0.6) is 17.2 Å². The van der Waals surface area contributed by atoms with Crippen molar-refractivity contribution in [3.05, 3.63) is 59.7 Å². The van der Waals surface area contributed by atoms with Gasteiger partial charge in [0, 0.05) is 11.1 Å². The second kappa shape index (κ2) is 7.74. The molecule has 0 spiro atoms. The van der Waals surface area contributed by atoms with E-state index in [0.29, 0.717) is 36.0 Å². The van der Waals surface area contributed by atoms with Gasteiger partial charge in [0.15, 0.2) is 23.4 Å². The maximum absolute atomic E-state index is 12.4. The van der Waals surface area contributed by atoms with Crippen LogP contribution in [-0.4, -0.2) is 36.2 Å². The maximum Gasteiger partial charge on any atom is 0.344 e. The molecule has 0 aromatic heterocycles. The average Bonchev–Trinajstić information content (AvgIpc) is 2.66. The topological polar surface area (TPSA) is 82.1 Å². The van der Waals surface area contributed by atoms with Crippen LogP contribution >= 0.6 is 0 Å². The number of carbonyl (C=O) groups is 2. The van der Waals surface area contributed by atoms with Gasteiger partial charge in [-0.15, -0.1) is 0 Å². The van der Waals surface area contributed by atoms with Crippen molar-refractivity contribution in [2.24, 2.45) is 0 Å². The highest BCUT2D eigenvalue weighted by Gasteiger charge is 2.15. The normalized spacial score (nSPS) is 14.0. The Morgan fingerprint density at radius 1 is 1.15 bits per heavy atom. The molecule has 1 atom stereocenters. The minimum absolute atomic E-state index is 0.229. The Labute approximate surface area is 150 Å². The first kappa shape index (κ1) is 17.5. The highest BCUT2D eigenvalue weighted by atomic mass is 16.6. The Hall–Kier alpha value is -3.28. The van der Waals surface area contributed by atoms with Crippen molar-refractivity contribution < 1.29 is 28.9 Å². The lowest BCUT2D eigenvalue weighted by atomic mass is 10.1. The van der Waals surface area contributed by atoms with Crippen molar-refractivity contribution in [3.63, 3.8) is 0 Å². The lowest BCUT2D eigenvalue weighted by molar-refractivity contribution is -0.144. The summed E-state index contributed by atoms with van der Waals surface area (Å²) in [6, 6.07) is 11.9. The molecule has 26 heavy (non-hydrogen) atoms. The number of ether oxygens (including phenoxy) is 3. The molecule has 0 unspecified atom stereocenters. The molecular formula is C20H18O6. The van der Waals surface area contributed by atoms with Gasteiger partial charge in [-0.3, -0.25) is 4.79 Å². The maximum atomic E-state index is 12.4. The van der Waals surface area contributed by atoms with Gasteiger partial charge in [0.2, 0.25) is 0 Å². The molecule has 2 aromatic carbocycles. The predicted molar refractivity (Wildman–Crippen MR) is 95.0 cm³/mol. The molecule has 0 aliphatic carbocycles. The molecule has 1 heterocycles. The summed E-state index contributed by atoms with van der Waals surface area (Å²) in [5.74, 6) is 0.303. The molecule has 0 radical (unpaired) electrons. The van der Waals surface area contributed by atoms with Crippen molar-refractivity contribution in [1.82, 2.24) is 0 Å². The molecule has 6 nitrogen and oxygen atoms in total. The van der Waals surface area contributed by atoms with Crippen LogP contribution in [0.25, 0.3) is 6.08 Å². The summed E-state index contributed by atoms with van der Waals surface area (Å²) >= 11 is 0. The van der Waals surface area contributed by atoms with Crippen LogP contribution in [0.4, 0.5) is 0 Å². The van der Waals surface area contributed by atoms with Crippen LogP contribution < -0.4 is 14.2 Å². The molecule has 0 saturated heterocycles. The Morgan fingerprint density at radius 3 is 2.73 bits per heavy atom. The Kier molecular flexibility index (Phi) is 5.22. The van der Waals surface area contributed by atoms with Gasteiger partial charge in [-0.1, -0.05) is 24.3 Å². The summed E-state index contributed by atoms with van der Waals surface area (Å²) in [4.78, 5) is 23.3. The predicted octanol–water partition coefficient (Wildman–Crippen LogP) is 3.21. The van der Waals surface area contributed by atoms with Gasteiger partial charge < -0.3 is 19.3 Å². The second-order valence-corrected chi connectivity index (χ2v) is 5.70. The number of allylic oxidation sites excluding steroid dienone is 1. The van der Waals surface area contributed by atoms with E-state index in [2.05, 4.69) is 0 Å². The summed E-state index contributed by atoms with van der Waals surface area (Å²) < 4.78 is 16.4. The summed E-state index contributed by atoms with van der Waals surface area (Å²) in [7, 11) is 0. The number of ketones is 1. The van der Waals surface area contributed by atoms with Crippen molar-refractivity contribution >= 4 is 17.8 Å². The molecule has 0 amide bonds.